The number of hydrogen-bond donors (Lipinski definition) is 2. The van der Waals surface area contributed by atoms with Gasteiger partial charge in [-0.15, -0.1) is 0 Å². The Bertz CT molecular complexity index is 885. The lowest BCUT2D eigenvalue weighted by Crippen LogP contribution is -2.33. The van der Waals surface area contributed by atoms with Crippen molar-refractivity contribution in [2.45, 2.75) is 19.4 Å². The molecule has 0 saturated carbocycles. The molecule has 1 aromatic heterocycles. The minimum atomic E-state index is -0.711. The van der Waals surface area contributed by atoms with Crippen LogP contribution in [0.1, 0.15) is 23.0 Å². The first-order chi connectivity index (χ1) is 13.5. The molecule has 1 atom stereocenters. The van der Waals surface area contributed by atoms with Crippen molar-refractivity contribution in [1.82, 2.24) is 10.3 Å². The molecule has 1 unspecified atom stereocenters. The molecule has 0 aliphatic carbocycles. The predicted molar refractivity (Wildman–Crippen MR) is 96.6 cm³/mol. The number of aromatic nitrogens is 1. The molecule has 1 aliphatic rings. The third-order valence-electron chi connectivity index (χ3n) is 4.01. The standard InChI is InChI=1S/C19H20N2O7/c1-11(7-12-3-4-13-15(8-12)27-10-26-13)28-16(22)9-21-19(24)17-18(23)14(25-2)5-6-20-17/h3-6,8,11,23H,7,9-10H2,1-2H3,(H,21,24). The number of aromatic hydroxyl groups is 1. The van der Waals surface area contributed by atoms with Gasteiger partial charge < -0.3 is 29.4 Å². The summed E-state index contributed by atoms with van der Waals surface area (Å²) in [6.45, 7) is 1.59. The highest BCUT2D eigenvalue weighted by atomic mass is 16.7. The van der Waals surface area contributed by atoms with Crippen molar-refractivity contribution in [2.75, 3.05) is 20.4 Å². The number of hydrogen-bond acceptors (Lipinski definition) is 8. The molecule has 1 aromatic carbocycles. The molecule has 0 bridgehead atoms. The summed E-state index contributed by atoms with van der Waals surface area (Å²) in [4.78, 5) is 27.9. The van der Waals surface area contributed by atoms with E-state index in [1.165, 1.54) is 19.4 Å². The molecular weight excluding hydrogens is 368 g/mol. The second-order valence-electron chi connectivity index (χ2n) is 6.09. The highest BCUT2D eigenvalue weighted by molar-refractivity contribution is 5.97. The Hall–Kier alpha value is -3.49. The van der Waals surface area contributed by atoms with E-state index in [1.54, 1.807) is 13.0 Å². The van der Waals surface area contributed by atoms with Crippen LogP contribution in [0.4, 0.5) is 0 Å². The largest absolute Gasteiger partial charge is 0.503 e. The normalized spacial score (nSPS) is 12.9. The van der Waals surface area contributed by atoms with E-state index >= 15 is 0 Å². The number of amides is 1. The van der Waals surface area contributed by atoms with E-state index in [0.717, 1.165) is 5.56 Å². The molecule has 1 aliphatic heterocycles. The van der Waals surface area contributed by atoms with Gasteiger partial charge in [-0.05, 0) is 24.6 Å². The first kappa shape index (κ1) is 19.3. The number of rotatable bonds is 7. The van der Waals surface area contributed by atoms with Gasteiger partial charge in [-0.25, -0.2) is 4.98 Å². The number of esters is 1. The van der Waals surface area contributed by atoms with E-state index < -0.39 is 23.7 Å². The summed E-state index contributed by atoms with van der Waals surface area (Å²) in [5, 5.41) is 12.3. The summed E-state index contributed by atoms with van der Waals surface area (Å²) in [7, 11) is 1.36. The van der Waals surface area contributed by atoms with Gasteiger partial charge in [-0.1, -0.05) is 6.07 Å². The zero-order valence-electron chi connectivity index (χ0n) is 15.4. The van der Waals surface area contributed by atoms with Crippen LogP contribution in [0.3, 0.4) is 0 Å². The topological polar surface area (TPSA) is 116 Å². The minimum Gasteiger partial charge on any atom is -0.503 e. The van der Waals surface area contributed by atoms with Gasteiger partial charge in [0.15, 0.2) is 28.7 Å². The molecule has 2 heterocycles. The zero-order chi connectivity index (χ0) is 20.1. The van der Waals surface area contributed by atoms with E-state index in [1.807, 2.05) is 12.1 Å². The molecule has 2 aromatic rings. The molecule has 0 fully saturated rings. The van der Waals surface area contributed by atoms with Crippen LogP contribution in [0.15, 0.2) is 30.5 Å². The molecule has 0 spiro atoms. The van der Waals surface area contributed by atoms with Crippen molar-refractivity contribution in [2.24, 2.45) is 0 Å². The van der Waals surface area contributed by atoms with Crippen molar-refractivity contribution in [3.63, 3.8) is 0 Å². The van der Waals surface area contributed by atoms with E-state index in [2.05, 4.69) is 10.3 Å². The Labute approximate surface area is 161 Å². The lowest BCUT2D eigenvalue weighted by molar-refractivity contribution is -0.146. The van der Waals surface area contributed by atoms with Crippen molar-refractivity contribution in [1.29, 1.82) is 0 Å². The number of nitrogens with one attached hydrogen (secondary N) is 1. The molecule has 148 valence electrons. The summed E-state index contributed by atoms with van der Waals surface area (Å²) < 4.78 is 20.8. The Morgan fingerprint density at radius 3 is 2.86 bits per heavy atom. The van der Waals surface area contributed by atoms with Gasteiger partial charge in [0.25, 0.3) is 5.91 Å². The highest BCUT2D eigenvalue weighted by Crippen LogP contribution is 2.33. The Kier molecular flexibility index (Phi) is 5.83. The second kappa shape index (κ2) is 8.47. The van der Waals surface area contributed by atoms with Crippen molar-refractivity contribution < 1.29 is 33.6 Å². The average molecular weight is 388 g/mol. The minimum absolute atomic E-state index is 0.111. The van der Waals surface area contributed by atoms with E-state index in [-0.39, 0.29) is 24.8 Å². The number of fused-ring (bicyclic) bond motifs is 1. The SMILES string of the molecule is COc1ccnc(C(=O)NCC(=O)OC(C)Cc2ccc3c(c2)OCO3)c1O. The maximum Gasteiger partial charge on any atom is 0.325 e. The van der Waals surface area contributed by atoms with Gasteiger partial charge in [0.2, 0.25) is 6.79 Å². The summed E-state index contributed by atoms with van der Waals surface area (Å²) in [6.07, 6.45) is 1.39. The fraction of sp³-hybridized carbons (Fsp3) is 0.316. The molecule has 1 amide bonds. The molecule has 2 N–H and O–H groups in total. The molecule has 0 saturated heterocycles. The van der Waals surface area contributed by atoms with Crippen LogP contribution >= 0.6 is 0 Å². The maximum atomic E-state index is 12.1. The first-order valence-electron chi connectivity index (χ1n) is 8.56. The molecule has 0 radical (unpaired) electrons. The van der Waals surface area contributed by atoms with Gasteiger partial charge >= 0.3 is 5.97 Å². The molecular formula is C19H20N2O7. The molecule has 9 heteroatoms. The van der Waals surface area contributed by atoms with Crippen LogP contribution in [-0.2, 0) is 16.0 Å². The van der Waals surface area contributed by atoms with Crippen molar-refractivity contribution in [3.05, 3.63) is 41.7 Å². The van der Waals surface area contributed by atoms with Crippen molar-refractivity contribution >= 4 is 11.9 Å². The van der Waals surface area contributed by atoms with Gasteiger partial charge in [0.05, 0.1) is 7.11 Å². The fourth-order valence-electron chi connectivity index (χ4n) is 2.71. The second-order valence-corrected chi connectivity index (χ2v) is 6.09. The Morgan fingerprint density at radius 1 is 1.29 bits per heavy atom. The van der Waals surface area contributed by atoms with Crippen LogP contribution in [-0.4, -0.2) is 48.5 Å². The Balaban J connectivity index is 1.49. The van der Waals surface area contributed by atoms with E-state index in [4.69, 9.17) is 18.9 Å². The lowest BCUT2D eigenvalue weighted by atomic mass is 10.1. The summed E-state index contributed by atoms with van der Waals surface area (Å²) in [6, 6.07) is 6.93. The molecule has 28 heavy (non-hydrogen) atoms. The summed E-state index contributed by atoms with van der Waals surface area (Å²) >= 11 is 0. The summed E-state index contributed by atoms with van der Waals surface area (Å²) in [5.41, 5.74) is 0.694. The van der Waals surface area contributed by atoms with Gasteiger partial charge in [-0.2, -0.15) is 0 Å². The maximum absolute atomic E-state index is 12.1. The third kappa shape index (κ3) is 4.43. The smallest absolute Gasteiger partial charge is 0.325 e. The number of carbonyl (C=O) groups excluding carboxylic acids is 2. The number of pyridine rings is 1. The van der Waals surface area contributed by atoms with Crippen LogP contribution < -0.4 is 19.5 Å². The Morgan fingerprint density at radius 2 is 2.07 bits per heavy atom. The number of carbonyl (C=O) groups is 2. The van der Waals surface area contributed by atoms with Gasteiger partial charge in [0, 0.05) is 18.7 Å². The van der Waals surface area contributed by atoms with Crippen LogP contribution in [0, 0.1) is 0 Å². The average Bonchev–Trinajstić information content (AvgIpc) is 3.14. The van der Waals surface area contributed by atoms with Crippen LogP contribution in [0.5, 0.6) is 23.0 Å². The van der Waals surface area contributed by atoms with Crippen LogP contribution in [0.2, 0.25) is 0 Å². The number of ether oxygens (including phenoxy) is 4. The number of nitrogens with zero attached hydrogens (tertiary/aromatic N) is 1. The van der Waals surface area contributed by atoms with Crippen molar-refractivity contribution in [3.8, 4) is 23.0 Å². The quantitative estimate of drug-likeness (QED) is 0.685. The van der Waals surface area contributed by atoms with Gasteiger partial charge in [0.1, 0.15) is 12.6 Å². The number of methoxy groups -OCH3 is 1. The fourth-order valence-corrected chi connectivity index (χ4v) is 2.71. The predicted octanol–water partition coefficient (Wildman–Crippen LogP) is 1.43. The van der Waals surface area contributed by atoms with E-state index in [9.17, 15) is 14.7 Å². The first-order valence-corrected chi connectivity index (χ1v) is 8.56. The molecule has 9 nitrogen and oxygen atoms in total. The van der Waals surface area contributed by atoms with Crippen LogP contribution in [0.25, 0.3) is 0 Å². The lowest BCUT2D eigenvalue weighted by Gasteiger charge is -2.14. The third-order valence-corrected chi connectivity index (χ3v) is 4.01. The highest BCUT2D eigenvalue weighted by Gasteiger charge is 2.19. The molecule has 3 rings (SSSR count). The zero-order valence-corrected chi connectivity index (χ0v) is 15.4. The van der Waals surface area contributed by atoms with E-state index in [0.29, 0.717) is 17.9 Å². The summed E-state index contributed by atoms with van der Waals surface area (Å²) in [5.74, 6) is -0.257. The number of benzene rings is 1. The van der Waals surface area contributed by atoms with Gasteiger partial charge in [-0.3, -0.25) is 9.59 Å². The monoisotopic (exact) mass is 388 g/mol.